The normalized spacial score (nSPS) is 17.7. The summed E-state index contributed by atoms with van der Waals surface area (Å²) in [5.74, 6) is 1.04. The van der Waals surface area contributed by atoms with Crippen LogP contribution in [0.5, 0.6) is 0 Å². The Morgan fingerprint density at radius 2 is 2.05 bits per heavy atom. The maximum atomic E-state index is 8.87. The van der Waals surface area contributed by atoms with Gasteiger partial charge in [-0.25, -0.2) is 0 Å². The number of rotatable bonds is 4. The van der Waals surface area contributed by atoms with E-state index in [9.17, 15) is 0 Å². The van der Waals surface area contributed by atoms with Crippen LogP contribution in [0.2, 0.25) is 0 Å². The highest BCUT2D eigenvalue weighted by Crippen LogP contribution is 2.28. The number of anilines is 1. The summed E-state index contributed by atoms with van der Waals surface area (Å²) >= 11 is 0. The highest BCUT2D eigenvalue weighted by atomic mass is 16.4. The zero-order valence-corrected chi connectivity index (χ0v) is 11.5. The van der Waals surface area contributed by atoms with Gasteiger partial charge in [0.1, 0.15) is 0 Å². The lowest BCUT2D eigenvalue weighted by atomic mass is 9.92. The monoisotopic (exact) mass is 261 g/mol. The van der Waals surface area contributed by atoms with Gasteiger partial charge in [-0.2, -0.15) is 0 Å². The van der Waals surface area contributed by atoms with Crippen molar-refractivity contribution < 1.29 is 5.21 Å². The highest BCUT2D eigenvalue weighted by Gasteiger charge is 2.21. The van der Waals surface area contributed by atoms with Crippen molar-refractivity contribution in [1.29, 1.82) is 0 Å². The first-order valence-corrected chi connectivity index (χ1v) is 7.08. The van der Waals surface area contributed by atoms with Gasteiger partial charge >= 0.3 is 0 Å². The first kappa shape index (κ1) is 13.7. The lowest BCUT2D eigenvalue weighted by Crippen LogP contribution is -2.35. The molecule has 0 amide bonds. The number of benzene rings is 1. The molecule has 1 fully saturated rings. The highest BCUT2D eigenvalue weighted by molar-refractivity contribution is 6.02. The van der Waals surface area contributed by atoms with Gasteiger partial charge in [0.15, 0.2) is 5.84 Å². The van der Waals surface area contributed by atoms with Crippen molar-refractivity contribution in [3.63, 3.8) is 0 Å². The molecule has 4 nitrogen and oxygen atoms in total. The van der Waals surface area contributed by atoms with Crippen LogP contribution in [-0.2, 0) is 0 Å². The van der Waals surface area contributed by atoms with E-state index in [0.717, 1.165) is 30.3 Å². The van der Waals surface area contributed by atoms with Crippen molar-refractivity contribution in [2.75, 3.05) is 18.0 Å². The summed E-state index contributed by atoms with van der Waals surface area (Å²) in [6.45, 7) is 4.36. The number of nitrogens with two attached hydrogens (primary N) is 1. The van der Waals surface area contributed by atoms with E-state index >= 15 is 0 Å². The van der Waals surface area contributed by atoms with Crippen LogP contribution < -0.4 is 10.6 Å². The molecule has 4 heteroatoms. The van der Waals surface area contributed by atoms with Gasteiger partial charge in [-0.1, -0.05) is 37.1 Å². The standard InChI is InChI=1S/C15H23N3O/c1-2-5-12-8-10-18(11-9-12)14-7-4-3-6-13(14)15(16)17-19/h3-4,6-7,12,19H,2,5,8-11H2,1H3,(H2,16,17). The average Bonchev–Trinajstić information content (AvgIpc) is 2.47. The van der Waals surface area contributed by atoms with Crippen molar-refractivity contribution in [1.82, 2.24) is 0 Å². The van der Waals surface area contributed by atoms with Gasteiger partial charge in [0.05, 0.1) is 0 Å². The van der Waals surface area contributed by atoms with E-state index in [1.54, 1.807) is 0 Å². The maximum Gasteiger partial charge on any atom is 0.172 e. The van der Waals surface area contributed by atoms with Crippen LogP contribution in [-0.4, -0.2) is 24.1 Å². The van der Waals surface area contributed by atoms with Crippen LogP contribution in [0.4, 0.5) is 5.69 Å². The van der Waals surface area contributed by atoms with Crippen LogP contribution >= 0.6 is 0 Å². The van der Waals surface area contributed by atoms with Gasteiger partial charge in [0.25, 0.3) is 0 Å². The van der Waals surface area contributed by atoms with Gasteiger partial charge in [0, 0.05) is 24.3 Å². The van der Waals surface area contributed by atoms with Gasteiger partial charge in [-0.3, -0.25) is 0 Å². The molecule has 0 saturated carbocycles. The Kier molecular flexibility index (Phi) is 4.66. The first-order valence-electron chi connectivity index (χ1n) is 7.08. The van der Waals surface area contributed by atoms with Crippen molar-refractivity contribution in [3.8, 4) is 0 Å². The molecule has 1 aromatic rings. The molecule has 0 atom stereocenters. The van der Waals surface area contributed by atoms with E-state index in [1.807, 2.05) is 24.3 Å². The van der Waals surface area contributed by atoms with E-state index in [-0.39, 0.29) is 5.84 Å². The van der Waals surface area contributed by atoms with E-state index in [0.29, 0.717) is 0 Å². The van der Waals surface area contributed by atoms with Crippen LogP contribution in [0.15, 0.2) is 29.4 Å². The molecule has 19 heavy (non-hydrogen) atoms. The Morgan fingerprint density at radius 1 is 1.37 bits per heavy atom. The number of amidine groups is 1. The SMILES string of the molecule is CCCC1CCN(c2ccccc2C(N)=NO)CC1. The fraction of sp³-hybridized carbons (Fsp3) is 0.533. The summed E-state index contributed by atoms with van der Waals surface area (Å²) in [6.07, 6.45) is 5.07. The van der Waals surface area contributed by atoms with Crippen LogP contribution in [0, 0.1) is 5.92 Å². The lowest BCUT2D eigenvalue weighted by Gasteiger charge is -2.34. The summed E-state index contributed by atoms with van der Waals surface area (Å²) in [4.78, 5) is 2.35. The predicted octanol–water partition coefficient (Wildman–Crippen LogP) is 2.80. The molecule has 0 aromatic heterocycles. The Hall–Kier alpha value is -1.71. The lowest BCUT2D eigenvalue weighted by molar-refractivity contribution is 0.318. The number of nitrogens with zero attached hydrogens (tertiary/aromatic N) is 2. The van der Waals surface area contributed by atoms with Crippen molar-refractivity contribution >= 4 is 11.5 Å². The Bertz CT molecular complexity index is 437. The number of piperidine rings is 1. The number of oxime groups is 1. The van der Waals surface area contributed by atoms with Crippen molar-refractivity contribution in [3.05, 3.63) is 29.8 Å². The van der Waals surface area contributed by atoms with Crippen LogP contribution in [0.1, 0.15) is 38.2 Å². The van der Waals surface area contributed by atoms with Gasteiger partial charge in [-0.05, 0) is 30.9 Å². The fourth-order valence-corrected chi connectivity index (χ4v) is 2.89. The van der Waals surface area contributed by atoms with Crippen LogP contribution in [0.25, 0.3) is 0 Å². The molecule has 104 valence electrons. The third-order valence-corrected chi connectivity index (χ3v) is 3.94. The summed E-state index contributed by atoms with van der Waals surface area (Å²) in [7, 11) is 0. The molecule has 2 rings (SSSR count). The first-order chi connectivity index (χ1) is 9.26. The van der Waals surface area contributed by atoms with Crippen molar-refractivity contribution in [2.24, 2.45) is 16.8 Å². The molecule has 1 heterocycles. The Labute approximate surface area is 114 Å². The fourth-order valence-electron chi connectivity index (χ4n) is 2.89. The van der Waals surface area contributed by atoms with Gasteiger partial charge < -0.3 is 15.8 Å². The molecule has 1 aromatic carbocycles. The molecule has 0 bridgehead atoms. The van der Waals surface area contributed by atoms with Crippen molar-refractivity contribution in [2.45, 2.75) is 32.6 Å². The zero-order chi connectivity index (χ0) is 13.7. The Morgan fingerprint density at radius 3 is 2.68 bits per heavy atom. The third-order valence-electron chi connectivity index (χ3n) is 3.94. The van der Waals surface area contributed by atoms with E-state index in [1.165, 1.54) is 25.7 Å². The van der Waals surface area contributed by atoms with Gasteiger partial charge in [0.2, 0.25) is 0 Å². The maximum absolute atomic E-state index is 8.87. The smallest absolute Gasteiger partial charge is 0.172 e. The summed E-state index contributed by atoms with van der Waals surface area (Å²) in [5, 5.41) is 12.0. The van der Waals surface area contributed by atoms with E-state index in [2.05, 4.69) is 17.0 Å². The Balaban J connectivity index is 2.11. The zero-order valence-electron chi connectivity index (χ0n) is 11.5. The quantitative estimate of drug-likeness (QED) is 0.379. The largest absolute Gasteiger partial charge is 0.409 e. The topological polar surface area (TPSA) is 61.8 Å². The van der Waals surface area contributed by atoms with E-state index < -0.39 is 0 Å². The van der Waals surface area contributed by atoms with Gasteiger partial charge in [-0.15, -0.1) is 0 Å². The molecule has 1 saturated heterocycles. The van der Waals surface area contributed by atoms with E-state index in [4.69, 9.17) is 10.9 Å². The molecular formula is C15H23N3O. The third kappa shape index (κ3) is 3.19. The summed E-state index contributed by atoms with van der Waals surface area (Å²) in [5.41, 5.74) is 7.65. The average molecular weight is 261 g/mol. The molecule has 3 N–H and O–H groups in total. The van der Waals surface area contributed by atoms with Crippen LogP contribution in [0.3, 0.4) is 0 Å². The minimum atomic E-state index is 0.186. The number of para-hydroxylation sites is 1. The molecule has 0 radical (unpaired) electrons. The number of hydrogen-bond acceptors (Lipinski definition) is 3. The number of hydrogen-bond donors (Lipinski definition) is 2. The molecule has 1 aliphatic rings. The molecule has 1 aliphatic heterocycles. The minimum Gasteiger partial charge on any atom is -0.409 e. The molecular weight excluding hydrogens is 238 g/mol. The second-order valence-corrected chi connectivity index (χ2v) is 5.22. The molecule has 0 unspecified atom stereocenters. The molecule has 0 spiro atoms. The second kappa shape index (κ2) is 6.45. The molecule has 0 aliphatic carbocycles. The minimum absolute atomic E-state index is 0.186. The predicted molar refractivity (Wildman–Crippen MR) is 78.8 cm³/mol. The summed E-state index contributed by atoms with van der Waals surface area (Å²) < 4.78 is 0. The second-order valence-electron chi connectivity index (χ2n) is 5.22. The summed E-state index contributed by atoms with van der Waals surface area (Å²) in [6, 6.07) is 7.87.